The lowest BCUT2D eigenvalue weighted by atomic mass is 9.80. The second kappa shape index (κ2) is 11.1. The number of benzene rings is 3. The van der Waals surface area contributed by atoms with Crippen molar-refractivity contribution in [3.63, 3.8) is 0 Å². The first-order chi connectivity index (χ1) is 19.6. The molecule has 6 rings (SSSR count). The van der Waals surface area contributed by atoms with Gasteiger partial charge in [-0.1, -0.05) is 54.6 Å². The number of rotatable bonds is 9. The highest BCUT2D eigenvalue weighted by molar-refractivity contribution is 5.72. The molecule has 0 spiro atoms. The Morgan fingerprint density at radius 1 is 0.875 bits per heavy atom. The minimum Gasteiger partial charge on any atom is -0.497 e. The molecule has 40 heavy (non-hydrogen) atoms. The molecule has 3 heterocycles. The fraction of sp³-hybridized carbons (Fsp3) is 0.258. The molecule has 3 atom stereocenters. The van der Waals surface area contributed by atoms with Crippen molar-refractivity contribution in [3.8, 4) is 11.5 Å². The minimum absolute atomic E-state index is 0.124. The van der Waals surface area contributed by atoms with E-state index in [9.17, 15) is 5.11 Å². The van der Waals surface area contributed by atoms with Crippen molar-refractivity contribution >= 4 is 11.0 Å². The van der Waals surface area contributed by atoms with Crippen LogP contribution in [0.25, 0.3) is 11.0 Å². The molecule has 1 fully saturated rings. The highest BCUT2D eigenvalue weighted by Gasteiger charge is 2.42. The lowest BCUT2D eigenvalue weighted by Crippen LogP contribution is -2.38. The summed E-state index contributed by atoms with van der Waals surface area (Å²) in [5.41, 5.74) is 2.40. The topological polar surface area (TPSA) is 101 Å². The second-order valence-electron chi connectivity index (χ2n) is 9.64. The summed E-state index contributed by atoms with van der Waals surface area (Å²) in [6.07, 6.45) is 3.40. The summed E-state index contributed by atoms with van der Waals surface area (Å²) < 4.78 is 25.8. The van der Waals surface area contributed by atoms with Crippen LogP contribution in [0.5, 0.6) is 11.5 Å². The Bertz CT molecular complexity index is 1510. The predicted octanol–water partition coefficient (Wildman–Crippen LogP) is 4.50. The standard InChI is InChI=1S/C31H30N4O5/c1-37-25-12-8-23(9-13-25)31(22-6-4-3-5-7-22,24-10-14-26(38-2)15-11-24)39-19-28-27(36)16-29(40-28)35-30-21(18-34-35)17-32-20-33-30/h3-15,17-18,20,27-29,36H,16,19H2,1-2H3/t27-,28+,29+/m0/s1. The van der Waals surface area contributed by atoms with Crippen LogP contribution < -0.4 is 9.47 Å². The molecule has 0 aliphatic carbocycles. The van der Waals surface area contributed by atoms with Gasteiger partial charge in [0, 0.05) is 12.6 Å². The number of methoxy groups -OCH3 is 2. The average molecular weight is 539 g/mol. The Labute approximate surface area is 231 Å². The van der Waals surface area contributed by atoms with E-state index in [0.29, 0.717) is 12.1 Å². The Morgan fingerprint density at radius 2 is 1.50 bits per heavy atom. The summed E-state index contributed by atoms with van der Waals surface area (Å²) in [7, 11) is 3.28. The van der Waals surface area contributed by atoms with Gasteiger partial charge in [0.25, 0.3) is 0 Å². The van der Waals surface area contributed by atoms with E-state index in [-0.39, 0.29) is 6.61 Å². The van der Waals surface area contributed by atoms with Crippen LogP contribution in [-0.2, 0) is 15.1 Å². The third kappa shape index (κ3) is 4.68. The molecule has 3 aromatic carbocycles. The average Bonchev–Trinajstić information content (AvgIpc) is 3.61. The first-order valence-electron chi connectivity index (χ1n) is 13.1. The van der Waals surface area contributed by atoms with Gasteiger partial charge in [0.2, 0.25) is 0 Å². The number of hydrogen-bond acceptors (Lipinski definition) is 8. The van der Waals surface area contributed by atoms with Crippen molar-refractivity contribution in [2.75, 3.05) is 20.8 Å². The van der Waals surface area contributed by atoms with E-state index in [1.807, 2.05) is 78.9 Å². The summed E-state index contributed by atoms with van der Waals surface area (Å²) in [5, 5.41) is 16.3. The highest BCUT2D eigenvalue weighted by atomic mass is 16.6. The molecular formula is C31H30N4O5. The molecule has 0 saturated carbocycles. The van der Waals surface area contributed by atoms with E-state index in [1.165, 1.54) is 6.33 Å². The molecule has 0 radical (unpaired) electrons. The predicted molar refractivity (Wildman–Crippen MR) is 148 cm³/mol. The third-order valence-corrected chi connectivity index (χ3v) is 7.37. The summed E-state index contributed by atoms with van der Waals surface area (Å²) in [5.74, 6) is 1.49. The van der Waals surface area contributed by atoms with Crippen LogP contribution in [0.1, 0.15) is 29.3 Å². The number of nitrogens with zero attached hydrogens (tertiary/aromatic N) is 4. The zero-order chi connectivity index (χ0) is 27.5. The van der Waals surface area contributed by atoms with E-state index in [1.54, 1.807) is 31.3 Å². The van der Waals surface area contributed by atoms with Crippen LogP contribution in [0.4, 0.5) is 0 Å². The maximum atomic E-state index is 11.1. The Kier molecular flexibility index (Phi) is 7.17. The number of hydrogen-bond donors (Lipinski definition) is 1. The summed E-state index contributed by atoms with van der Waals surface area (Å²) in [6.45, 7) is 0.124. The highest BCUT2D eigenvalue weighted by Crippen LogP contribution is 2.42. The van der Waals surface area contributed by atoms with Gasteiger partial charge < -0.3 is 24.1 Å². The van der Waals surface area contributed by atoms with E-state index >= 15 is 0 Å². The van der Waals surface area contributed by atoms with E-state index in [2.05, 4.69) is 15.1 Å². The second-order valence-corrected chi connectivity index (χ2v) is 9.64. The Morgan fingerprint density at radius 3 is 2.12 bits per heavy atom. The van der Waals surface area contributed by atoms with Gasteiger partial charge in [0.05, 0.1) is 38.5 Å². The normalized spacial score (nSPS) is 19.1. The van der Waals surface area contributed by atoms with Crippen LogP contribution >= 0.6 is 0 Å². The fourth-order valence-electron chi connectivity index (χ4n) is 5.30. The first kappa shape index (κ1) is 25.9. The zero-order valence-electron chi connectivity index (χ0n) is 22.3. The van der Waals surface area contributed by atoms with Crippen molar-refractivity contribution in [3.05, 3.63) is 114 Å². The molecule has 0 amide bonds. The van der Waals surface area contributed by atoms with Crippen LogP contribution in [0.3, 0.4) is 0 Å². The molecule has 2 aromatic heterocycles. The summed E-state index contributed by atoms with van der Waals surface area (Å²) in [6, 6.07) is 25.7. The van der Waals surface area contributed by atoms with Crippen LogP contribution in [0, 0.1) is 0 Å². The van der Waals surface area contributed by atoms with Gasteiger partial charge in [0.15, 0.2) is 11.9 Å². The van der Waals surface area contributed by atoms with Gasteiger partial charge >= 0.3 is 0 Å². The van der Waals surface area contributed by atoms with Crippen molar-refractivity contribution < 1.29 is 24.1 Å². The molecule has 1 N–H and O–H groups in total. The van der Waals surface area contributed by atoms with Gasteiger partial charge in [-0.2, -0.15) is 5.10 Å². The van der Waals surface area contributed by atoms with Gasteiger partial charge in [-0.3, -0.25) is 0 Å². The molecule has 204 valence electrons. The SMILES string of the molecule is COc1ccc(C(OC[C@H]2O[C@@H](n3ncc4cncnc43)C[C@@H]2O)(c2ccccc2)c2ccc(OC)cc2)cc1. The van der Waals surface area contributed by atoms with Crippen molar-refractivity contribution in [1.29, 1.82) is 0 Å². The number of aliphatic hydroxyl groups is 1. The molecule has 1 aliphatic rings. The third-order valence-electron chi connectivity index (χ3n) is 7.37. The van der Waals surface area contributed by atoms with E-state index in [0.717, 1.165) is 33.6 Å². The Balaban J connectivity index is 1.37. The molecule has 1 saturated heterocycles. The molecule has 1 aliphatic heterocycles. The maximum Gasteiger partial charge on any atom is 0.163 e. The van der Waals surface area contributed by atoms with Gasteiger partial charge in [0.1, 0.15) is 29.5 Å². The van der Waals surface area contributed by atoms with Gasteiger partial charge in [-0.15, -0.1) is 0 Å². The molecular weight excluding hydrogens is 508 g/mol. The fourth-order valence-corrected chi connectivity index (χ4v) is 5.30. The maximum absolute atomic E-state index is 11.1. The first-order valence-corrected chi connectivity index (χ1v) is 13.1. The molecule has 0 unspecified atom stereocenters. The lowest BCUT2D eigenvalue weighted by Gasteiger charge is -2.37. The zero-order valence-corrected chi connectivity index (χ0v) is 22.3. The smallest absolute Gasteiger partial charge is 0.163 e. The largest absolute Gasteiger partial charge is 0.497 e. The molecule has 0 bridgehead atoms. The van der Waals surface area contributed by atoms with Gasteiger partial charge in [-0.05, 0) is 41.0 Å². The molecule has 9 heteroatoms. The number of ether oxygens (including phenoxy) is 4. The van der Waals surface area contributed by atoms with Crippen LogP contribution in [-0.4, -0.2) is 57.9 Å². The van der Waals surface area contributed by atoms with E-state index in [4.69, 9.17) is 18.9 Å². The number of aliphatic hydroxyl groups excluding tert-OH is 1. The van der Waals surface area contributed by atoms with Crippen molar-refractivity contribution in [2.45, 2.75) is 30.5 Å². The number of aromatic nitrogens is 4. The lowest BCUT2D eigenvalue weighted by molar-refractivity contribution is -0.0949. The number of fused-ring (bicyclic) bond motifs is 1. The quantitative estimate of drug-likeness (QED) is 0.274. The van der Waals surface area contributed by atoms with E-state index < -0.39 is 24.0 Å². The van der Waals surface area contributed by atoms with Crippen LogP contribution in [0.15, 0.2) is 97.6 Å². The van der Waals surface area contributed by atoms with Crippen molar-refractivity contribution in [2.24, 2.45) is 0 Å². The molecule has 9 nitrogen and oxygen atoms in total. The Hall–Kier alpha value is -4.31. The monoisotopic (exact) mass is 538 g/mol. The van der Waals surface area contributed by atoms with Crippen molar-refractivity contribution in [1.82, 2.24) is 19.7 Å². The van der Waals surface area contributed by atoms with Crippen LogP contribution in [0.2, 0.25) is 0 Å². The molecule has 5 aromatic rings. The minimum atomic E-state index is -1.01. The summed E-state index contributed by atoms with van der Waals surface area (Å²) >= 11 is 0. The summed E-state index contributed by atoms with van der Waals surface area (Å²) in [4.78, 5) is 8.40. The van der Waals surface area contributed by atoms with Gasteiger partial charge in [-0.25, -0.2) is 14.6 Å².